The van der Waals surface area contributed by atoms with Crippen LogP contribution in [-0.4, -0.2) is 19.0 Å². The lowest BCUT2D eigenvalue weighted by Gasteiger charge is -2.22. The topological polar surface area (TPSA) is 41.1 Å². The van der Waals surface area contributed by atoms with E-state index in [4.69, 9.17) is 0 Å². The molecule has 0 aromatic carbocycles. The minimum absolute atomic E-state index is 0.0576. The number of hydrogen-bond donors (Lipinski definition) is 2. The van der Waals surface area contributed by atoms with Crippen molar-refractivity contribution < 1.29 is 4.79 Å². The lowest BCUT2D eigenvalue weighted by atomic mass is 10.0. The average molecular weight is 264 g/mol. The van der Waals surface area contributed by atoms with Crippen LogP contribution in [0.4, 0.5) is 0 Å². The number of aryl methyl sites for hydroxylation is 2. The van der Waals surface area contributed by atoms with Gasteiger partial charge < -0.3 is 10.6 Å². The third-order valence-corrected chi connectivity index (χ3v) is 4.42. The van der Waals surface area contributed by atoms with Gasteiger partial charge in [-0.1, -0.05) is 0 Å². The third kappa shape index (κ3) is 2.65. The van der Waals surface area contributed by atoms with Crippen LogP contribution in [0.25, 0.3) is 0 Å². The summed E-state index contributed by atoms with van der Waals surface area (Å²) in [6, 6.07) is 2.24. The standard InChI is InChI=1S/C14H20N2OS/c1-8-5-13(11(4)18-8)10(3)16-14(17)9(2)12-6-15-7-12/h5,10,15H,6-7H2,1-4H3,(H,16,17). The van der Waals surface area contributed by atoms with Crippen LogP contribution in [0.15, 0.2) is 17.2 Å². The molecule has 2 rings (SSSR count). The van der Waals surface area contributed by atoms with Crippen LogP contribution in [0.3, 0.4) is 0 Å². The average Bonchev–Trinajstić information content (AvgIpc) is 2.55. The Kier molecular flexibility index (Phi) is 3.88. The lowest BCUT2D eigenvalue weighted by molar-refractivity contribution is -0.118. The van der Waals surface area contributed by atoms with E-state index < -0.39 is 0 Å². The molecule has 1 amide bonds. The highest BCUT2D eigenvalue weighted by Crippen LogP contribution is 2.26. The monoisotopic (exact) mass is 264 g/mol. The fourth-order valence-corrected chi connectivity index (χ4v) is 3.16. The number of amides is 1. The number of hydrogen-bond acceptors (Lipinski definition) is 3. The summed E-state index contributed by atoms with van der Waals surface area (Å²) < 4.78 is 0. The van der Waals surface area contributed by atoms with Gasteiger partial charge >= 0.3 is 0 Å². The molecular formula is C14H20N2OS. The van der Waals surface area contributed by atoms with Crippen LogP contribution in [0.5, 0.6) is 0 Å². The zero-order valence-corrected chi connectivity index (χ0v) is 12.2. The van der Waals surface area contributed by atoms with Gasteiger partial charge in [-0.3, -0.25) is 4.79 Å². The normalized spacial score (nSPS) is 16.1. The first-order valence-corrected chi connectivity index (χ1v) is 7.08. The second kappa shape index (κ2) is 5.24. The van der Waals surface area contributed by atoms with E-state index in [1.165, 1.54) is 20.9 Å². The Morgan fingerprint density at radius 1 is 1.44 bits per heavy atom. The van der Waals surface area contributed by atoms with E-state index in [1.54, 1.807) is 11.3 Å². The quantitative estimate of drug-likeness (QED) is 0.823. The molecule has 2 N–H and O–H groups in total. The summed E-state index contributed by atoms with van der Waals surface area (Å²) in [4.78, 5) is 14.7. The second-order valence-corrected chi connectivity index (χ2v) is 6.36. The summed E-state index contributed by atoms with van der Waals surface area (Å²) in [5.74, 6) is 0.0576. The molecule has 1 fully saturated rings. The van der Waals surface area contributed by atoms with Gasteiger partial charge in [0.1, 0.15) is 0 Å². The first-order chi connectivity index (χ1) is 8.49. The summed E-state index contributed by atoms with van der Waals surface area (Å²) in [5.41, 5.74) is 3.32. The van der Waals surface area contributed by atoms with Crippen LogP contribution < -0.4 is 10.6 Å². The van der Waals surface area contributed by atoms with E-state index in [1.807, 2.05) is 13.8 Å². The molecule has 1 atom stereocenters. The Balaban J connectivity index is 2.05. The molecule has 4 heteroatoms. The Morgan fingerprint density at radius 3 is 2.56 bits per heavy atom. The predicted molar refractivity (Wildman–Crippen MR) is 75.9 cm³/mol. The van der Waals surface area contributed by atoms with Crippen molar-refractivity contribution in [1.82, 2.24) is 10.6 Å². The second-order valence-electron chi connectivity index (χ2n) is 4.90. The van der Waals surface area contributed by atoms with Gasteiger partial charge in [-0.25, -0.2) is 0 Å². The molecular weight excluding hydrogens is 244 g/mol. The molecule has 0 saturated carbocycles. The fourth-order valence-electron chi connectivity index (χ4n) is 2.14. The summed E-state index contributed by atoms with van der Waals surface area (Å²) in [6.07, 6.45) is 0. The first kappa shape index (κ1) is 13.3. The highest BCUT2D eigenvalue weighted by molar-refractivity contribution is 7.12. The molecule has 0 aliphatic carbocycles. The summed E-state index contributed by atoms with van der Waals surface area (Å²) >= 11 is 1.78. The van der Waals surface area contributed by atoms with Crippen molar-refractivity contribution in [2.75, 3.05) is 13.1 Å². The Hall–Kier alpha value is -1.13. The maximum absolute atomic E-state index is 12.1. The number of carbonyl (C=O) groups is 1. The zero-order chi connectivity index (χ0) is 13.3. The van der Waals surface area contributed by atoms with E-state index in [2.05, 4.69) is 30.5 Å². The van der Waals surface area contributed by atoms with Crippen LogP contribution >= 0.6 is 11.3 Å². The van der Waals surface area contributed by atoms with Crippen LogP contribution in [0.1, 0.15) is 35.2 Å². The molecule has 0 bridgehead atoms. The van der Waals surface area contributed by atoms with E-state index in [-0.39, 0.29) is 11.9 Å². The molecule has 2 heterocycles. The lowest BCUT2D eigenvalue weighted by Crippen LogP contribution is -2.38. The molecule has 0 radical (unpaired) electrons. The van der Waals surface area contributed by atoms with Crippen molar-refractivity contribution in [3.63, 3.8) is 0 Å². The molecule has 0 spiro atoms. The van der Waals surface area contributed by atoms with Crippen LogP contribution in [0, 0.1) is 13.8 Å². The van der Waals surface area contributed by atoms with E-state index in [0.29, 0.717) is 0 Å². The van der Waals surface area contributed by atoms with Crippen LogP contribution in [0.2, 0.25) is 0 Å². The number of thiophene rings is 1. The van der Waals surface area contributed by atoms with Crippen molar-refractivity contribution in [3.05, 3.63) is 32.5 Å². The number of nitrogens with one attached hydrogen (secondary N) is 2. The maximum Gasteiger partial charge on any atom is 0.247 e. The highest BCUT2D eigenvalue weighted by Gasteiger charge is 2.19. The Morgan fingerprint density at radius 2 is 2.11 bits per heavy atom. The van der Waals surface area contributed by atoms with Gasteiger partial charge in [-0.05, 0) is 44.9 Å². The molecule has 1 aliphatic heterocycles. The minimum atomic E-state index is 0.0576. The van der Waals surface area contributed by atoms with Crippen molar-refractivity contribution in [3.8, 4) is 0 Å². The van der Waals surface area contributed by atoms with Gasteiger partial charge in [-0.2, -0.15) is 0 Å². The van der Waals surface area contributed by atoms with Gasteiger partial charge in [0.2, 0.25) is 5.91 Å². The predicted octanol–water partition coefficient (Wildman–Crippen LogP) is 2.46. The first-order valence-electron chi connectivity index (χ1n) is 6.26. The highest BCUT2D eigenvalue weighted by atomic mass is 32.1. The maximum atomic E-state index is 12.1. The molecule has 18 heavy (non-hydrogen) atoms. The van der Waals surface area contributed by atoms with Gasteiger partial charge in [0.15, 0.2) is 0 Å². The van der Waals surface area contributed by atoms with Crippen LogP contribution in [-0.2, 0) is 4.79 Å². The smallest absolute Gasteiger partial charge is 0.247 e. The summed E-state index contributed by atoms with van der Waals surface area (Å²) in [5, 5.41) is 6.24. The van der Waals surface area contributed by atoms with Gasteiger partial charge in [0, 0.05) is 28.4 Å². The summed E-state index contributed by atoms with van der Waals surface area (Å²) in [7, 11) is 0. The van der Waals surface area contributed by atoms with Crippen molar-refractivity contribution in [2.45, 2.75) is 33.7 Å². The molecule has 1 saturated heterocycles. The molecule has 1 aromatic rings. The van der Waals surface area contributed by atoms with Gasteiger partial charge in [0.25, 0.3) is 0 Å². The van der Waals surface area contributed by atoms with Crippen molar-refractivity contribution in [1.29, 1.82) is 0 Å². The molecule has 1 aromatic heterocycles. The van der Waals surface area contributed by atoms with Crippen molar-refractivity contribution >= 4 is 17.2 Å². The van der Waals surface area contributed by atoms with E-state index in [9.17, 15) is 4.79 Å². The largest absolute Gasteiger partial charge is 0.346 e. The number of rotatable bonds is 3. The Bertz CT molecular complexity index is 496. The SMILES string of the molecule is CC(C(=O)NC(C)c1cc(C)sc1C)=C1CNC1. The van der Waals surface area contributed by atoms with E-state index >= 15 is 0 Å². The van der Waals surface area contributed by atoms with E-state index in [0.717, 1.165) is 18.7 Å². The fraction of sp³-hybridized carbons (Fsp3) is 0.500. The van der Waals surface area contributed by atoms with Gasteiger partial charge in [0.05, 0.1) is 6.04 Å². The molecule has 3 nitrogen and oxygen atoms in total. The third-order valence-electron chi connectivity index (χ3n) is 3.44. The molecule has 1 aliphatic rings. The molecule has 1 unspecified atom stereocenters. The van der Waals surface area contributed by atoms with Crippen molar-refractivity contribution in [2.24, 2.45) is 0 Å². The van der Waals surface area contributed by atoms with Gasteiger partial charge in [-0.15, -0.1) is 11.3 Å². The summed E-state index contributed by atoms with van der Waals surface area (Å²) in [6.45, 7) is 9.86. The zero-order valence-electron chi connectivity index (χ0n) is 11.4. The minimum Gasteiger partial charge on any atom is -0.346 e. The number of carbonyl (C=O) groups excluding carboxylic acids is 1. The molecule has 98 valence electrons. The Labute approximate surface area is 112 Å².